The normalized spacial score (nSPS) is 17.2. The Kier molecular flexibility index (Phi) is 4.25. The first-order valence-corrected chi connectivity index (χ1v) is 8.38. The van der Waals surface area contributed by atoms with Gasteiger partial charge in [0.2, 0.25) is 5.91 Å². The first kappa shape index (κ1) is 16.8. The lowest BCUT2D eigenvalue weighted by Crippen LogP contribution is -2.56. The summed E-state index contributed by atoms with van der Waals surface area (Å²) in [5, 5.41) is 3.41. The van der Waals surface area contributed by atoms with E-state index in [2.05, 4.69) is 10.3 Å². The van der Waals surface area contributed by atoms with Gasteiger partial charge in [-0.2, -0.15) is 0 Å². The number of urea groups is 1. The molecule has 3 rings (SSSR count). The zero-order valence-corrected chi connectivity index (χ0v) is 14.9. The van der Waals surface area contributed by atoms with Crippen molar-refractivity contribution in [3.8, 4) is 0 Å². The molecular formula is C17H21ClN4O2. The molecule has 0 spiro atoms. The van der Waals surface area contributed by atoms with E-state index in [1.54, 1.807) is 17.0 Å². The molecule has 0 atom stereocenters. The van der Waals surface area contributed by atoms with Crippen LogP contribution in [0.25, 0.3) is 0 Å². The summed E-state index contributed by atoms with van der Waals surface area (Å²) in [5.74, 6) is 0.463. The van der Waals surface area contributed by atoms with Gasteiger partial charge in [0.05, 0.1) is 5.69 Å². The van der Waals surface area contributed by atoms with E-state index in [4.69, 9.17) is 11.6 Å². The van der Waals surface area contributed by atoms with Crippen LogP contribution in [0, 0.1) is 0 Å². The largest absolute Gasteiger partial charge is 0.350 e. The van der Waals surface area contributed by atoms with Crippen LogP contribution in [-0.2, 0) is 4.79 Å². The quantitative estimate of drug-likeness (QED) is 0.893. The molecule has 1 N–H and O–H groups in total. The summed E-state index contributed by atoms with van der Waals surface area (Å²) < 4.78 is 0. The number of fused-ring (bicyclic) bond motifs is 3. The van der Waals surface area contributed by atoms with Crippen molar-refractivity contribution in [1.29, 1.82) is 0 Å². The SMILES string of the molecule is CC(C)(C)NC(=O)CN1C(=O)N2CCCN=C2c2ccc(Cl)cc21. The molecule has 0 bridgehead atoms. The molecule has 1 aromatic carbocycles. The van der Waals surface area contributed by atoms with Gasteiger partial charge in [-0.05, 0) is 45.4 Å². The Morgan fingerprint density at radius 2 is 2.12 bits per heavy atom. The summed E-state index contributed by atoms with van der Waals surface area (Å²) in [4.78, 5) is 32.8. The highest BCUT2D eigenvalue weighted by atomic mass is 35.5. The second kappa shape index (κ2) is 6.09. The van der Waals surface area contributed by atoms with Crippen LogP contribution >= 0.6 is 11.6 Å². The maximum absolute atomic E-state index is 12.9. The summed E-state index contributed by atoms with van der Waals surface area (Å²) in [7, 11) is 0. The number of carbonyl (C=O) groups is 2. The standard InChI is InChI=1S/C17H21ClN4O2/c1-17(2,3)20-14(23)10-22-13-9-11(18)5-6-12(13)15-19-7-4-8-21(15)16(22)24/h5-6,9H,4,7-8,10H2,1-3H3,(H,20,23). The maximum atomic E-state index is 12.9. The van der Waals surface area contributed by atoms with E-state index in [9.17, 15) is 9.59 Å². The summed E-state index contributed by atoms with van der Waals surface area (Å²) in [6.45, 7) is 6.98. The summed E-state index contributed by atoms with van der Waals surface area (Å²) in [5.41, 5.74) is 1.11. The third kappa shape index (κ3) is 3.24. The van der Waals surface area contributed by atoms with Gasteiger partial charge in [-0.15, -0.1) is 0 Å². The van der Waals surface area contributed by atoms with E-state index in [1.165, 1.54) is 4.90 Å². The van der Waals surface area contributed by atoms with Crippen LogP contribution in [0.4, 0.5) is 10.5 Å². The zero-order chi connectivity index (χ0) is 17.5. The average molecular weight is 349 g/mol. The monoisotopic (exact) mass is 348 g/mol. The molecule has 0 unspecified atom stereocenters. The van der Waals surface area contributed by atoms with Crippen LogP contribution in [0.15, 0.2) is 23.2 Å². The number of rotatable bonds is 2. The fourth-order valence-corrected chi connectivity index (χ4v) is 3.11. The smallest absolute Gasteiger partial charge is 0.330 e. The van der Waals surface area contributed by atoms with Crippen molar-refractivity contribution >= 4 is 35.1 Å². The number of amides is 3. The van der Waals surface area contributed by atoms with E-state index in [1.807, 2.05) is 26.8 Å². The molecular weight excluding hydrogens is 328 g/mol. The Labute approximate surface area is 146 Å². The molecule has 3 amide bonds. The average Bonchev–Trinajstić information content (AvgIpc) is 2.49. The molecule has 6 nitrogen and oxygen atoms in total. The Balaban J connectivity index is 1.98. The Hall–Kier alpha value is -2.08. The second-order valence-corrected chi connectivity index (χ2v) is 7.48. The van der Waals surface area contributed by atoms with Crippen LogP contribution in [0.2, 0.25) is 5.02 Å². The second-order valence-electron chi connectivity index (χ2n) is 7.04. The van der Waals surface area contributed by atoms with Gasteiger partial charge < -0.3 is 5.32 Å². The lowest BCUT2D eigenvalue weighted by atomic mass is 10.1. The topological polar surface area (TPSA) is 65.0 Å². The van der Waals surface area contributed by atoms with Crippen LogP contribution < -0.4 is 10.2 Å². The molecule has 0 saturated heterocycles. The number of carbonyl (C=O) groups excluding carboxylic acids is 2. The van der Waals surface area contributed by atoms with Crippen molar-refractivity contribution in [3.63, 3.8) is 0 Å². The Morgan fingerprint density at radius 1 is 1.38 bits per heavy atom. The van der Waals surface area contributed by atoms with Crippen molar-refractivity contribution in [1.82, 2.24) is 10.2 Å². The zero-order valence-electron chi connectivity index (χ0n) is 14.1. The molecule has 2 heterocycles. The summed E-state index contributed by atoms with van der Waals surface area (Å²) >= 11 is 6.12. The Morgan fingerprint density at radius 3 is 2.83 bits per heavy atom. The fourth-order valence-electron chi connectivity index (χ4n) is 2.94. The van der Waals surface area contributed by atoms with E-state index >= 15 is 0 Å². The van der Waals surface area contributed by atoms with Gasteiger partial charge in [0.15, 0.2) is 0 Å². The third-order valence-electron chi connectivity index (χ3n) is 3.83. The van der Waals surface area contributed by atoms with Gasteiger partial charge in [-0.25, -0.2) is 4.79 Å². The van der Waals surface area contributed by atoms with Gasteiger partial charge in [0.1, 0.15) is 12.4 Å². The molecule has 2 aliphatic heterocycles. The number of benzene rings is 1. The van der Waals surface area contributed by atoms with Crippen molar-refractivity contribution in [3.05, 3.63) is 28.8 Å². The number of halogens is 1. The van der Waals surface area contributed by atoms with E-state index in [-0.39, 0.29) is 24.0 Å². The van der Waals surface area contributed by atoms with Gasteiger partial charge in [-0.1, -0.05) is 11.6 Å². The number of hydrogen-bond acceptors (Lipinski definition) is 3. The van der Waals surface area contributed by atoms with Crippen LogP contribution in [-0.4, -0.2) is 47.8 Å². The molecule has 0 fully saturated rings. The first-order valence-electron chi connectivity index (χ1n) is 8.01. The number of hydrogen-bond donors (Lipinski definition) is 1. The predicted molar refractivity (Wildman–Crippen MR) is 94.8 cm³/mol. The van der Waals surface area contributed by atoms with Crippen molar-refractivity contribution in [2.24, 2.45) is 4.99 Å². The van der Waals surface area contributed by atoms with E-state index in [0.29, 0.717) is 29.6 Å². The number of aliphatic imine (C=N–C) groups is 1. The van der Waals surface area contributed by atoms with Crippen LogP contribution in [0.3, 0.4) is 0 Å². The molecule has 128 valence electrons. The summed E-state index contributed by atoms with van der Waals surface area (Å²) in [6.07, 6.45) is 0.820. The van der Waals surface area contributed by atoms with Crippen LogP contribution in [0.5, 0.6) is 0 Å². The lowest BCUT2D eigenvalue weighted by Gasteiger charge is -2.39. The number of nitrogens with one attached hydrogen (secondary N) is 1. The van der Waals surface area contributed by atoms with E-state index < -0.39 is 0 Å². The van der Waals surface area contributed by atoms with Crippen molar-refractivity contribution in [2.75, 3.05) is 24.5 Å². The first-order chi connectivity index (χ1) is 11.3. The van der Waals surface area contributed by atoms with Crippen molar-refractivity contribution < 1.29 is 9.59 Å². The highest BCUT2D eigenvalue weighted by Crippen LogP contribution is 2.32. The van der Waals surface area contributed by atoms with Gasteiger partial charge >= 0.3 is 6.03 Å². The number of amidine groups is 1. The minimum absolute atomic E-state index is 0.0484. The minimum atomic E-state index is -0.356. The number of nitrogens with zero attached hydrogens (tertiary/aromatic N) is 3. The molecule has 1 aromatic rings. The minimum Gasteiger partial charge on any atom is -0.350 e. The molecule has 0 aliphatic carbocycles. The predicted octanol–water partition coefficient (Wildman–Crippen LogP) is 2.65. The molecule has 7 heteroatoms. The highest BCUT2D eigenvalue weighted by molar-refractivity contribution is 6.31. The van der Waals surface area contributed by atoms with Gasteiger partial charge in [-0.3, -0.25) is 19.6 Å². The molecule has 24 heavy (non-hydrogen) atoms. The lowest BCUT2D eigenvalue weighted by molar-refractivity contribution is -0.121. The molecule has 0 aromatic heterocycles. The molecule has 2 aliphatic rings. The Bertz CT molecular complexity index is 724. The highest BCUT2D eigenvalue weighted by Gasteiger charge is 2.37. The molecule has 0 saturated carbocycles. The van der Waals surface area contributed by atoms with Crippen LogP contribution in [0.1, 0.15) is 32.8 Å². The molecule has 0 radical (unpaired) electrons. The van der Waals surface area contributed by atoms with E-state index in [0.717, 1.165) is 12.0 Å². The summed E-state index contributed by atoms with van der Waals surface area (Å²) in [6, 6.07) is 5.12. The van der Waals surface area contributed by atoms with Crippen molar-refractivity contribution in [2.45, 2.75) is 32.7 Å². The number of anilines is 1. The maximum Gasteiger partial charge on any atom is 0.330 e. The van der Waals surface area contributed by atoms with Gasteiger partial charge in [0, 0.05) is 29.2 Å². The van der Waals surface area contributed by atoms with Gasteiger partial charge in [0.25, 0.3) is 0 Å². The fraction of sp³-hybridized carbons (Fsp3) is 0.471. The third-order valence-corrected chi connectivity index (χ3v) is 4.06.